The van der Waals surface area contributed by atoms with Gasteiger partial charge >= 0.3 is 0 Å². The minimum absolute atomic E-state index is 0.148. The summed E-state index contributed by atoms with van der Waals surface area (Å²) in [6.45, 7) is 0.720. The third-order valence-electron chi connectivity index (χ3n) is 5.73. The molecule has 22 heavy (non-hydrogen) atoms. The number of benzene rings is 1. The van der Waals surface area contributed by atoms with Gasteiger partial charge in [0.2, 0.25) is 0 Å². The van der Waals surface area contributed by atoms with Crippen molar-refractivity contribution >= 4 is 17.7 Å². The lowest BCUT2D eigenvalue weighted by atomic mass is 9.92. The fraction of sp³-hybridized carbons (Fsp3) is 0.611. The maximum Gasteiger partial charge on any atom is 0.252 e. The Morgan fingerprint density at radius 2 is 2.09 bits per heavy atom. The zero-order valence-corrected chi connectivity index (χ0v) is 13.6. The molecular weight excluding hydrogens is 294 g/mol. The van der Waals surface area contributed by atoms with Crippen LogP contribution in [0.3, 0.4) is 0 Å². The molecule has 3 nitrogen and oxygen atoms in total. The second kappa shape index (κ2) is 5.57. The van der Waals surface area contributed by atoms with Crippen molar-refractivity contribution in [3.63, 3.8) is 0 Å². The van der Waals surface area contributed by atoms with Crippen LogP contribution < -0.4 is 5.32 Å². The third kappa shape index (κ3) is 2.46. The molecule has 3 atom stereocenters. The lowest BCUT2D eigenvalue weighted by Gasteiger charge is -2.30. The molecule has 0 radical (unpaired) electrons. The zero-order valence-electron chi connectivity index (χ0n) is 12.8. The van der Waals surface area contributed by atoms with Crippen molar-refractivity contribution in [3.05, 3.63) is 35.4 Å². The molecular formula is C18H23NO2S. The van der Waals surface area contributed by atoms with Crippen molar-refractivity contribution in [3.8, 4) is 0 Å². The van der Waals surface area contributed by atoms with Crippen molar-refractivity contribution in [1.29, 1.82) is 0 Å². The first kappa shape index (κ1) is 14.6. The molecule has 1 heterocycles. The molecule has 2 aliphatic carbocycles. The molecule has 1 aliphatic heterocycles. The van der Waals surface area contributed by atoms with Gasteiger partial charge in [-0.05, 0) is 66.1 Å². The zero-order chi connectivity index (χ0) is 15.2. The number of carbonyl (C=O) groups is 1. The summed E-state index contributed by atoms with van der Waals surface area (Å²) in [5.41, 5.74) is 1.86. The van der Waals surface area contributed by atoms with Gasteiger partial charge in [0.05, 0.1) is 0 Å². The monoisotopic (exact) mass is 317 g/mol. The van der Waals surface area contributed by atoms with E-state index in [9.17, 15) is 9.90 Å². The van der Waals surface area contributed by atoms with Gasteiger partial charge in [0.1, 0.15) is 5.60 Å². The van der Waals surface area contributed by atoms with Gasteiger partial charge in [0.15, 0.2) is 0 Å². The van der Waals surface area contributed by atoms with Crippen LogP contribution in [-0.2, 0) is 11.2 Å². The van der Waals surface area contributed by atoms with E-state index < -0.39 is 5.60 Å². The van der Waals surface area contributed by atoms with Crippen LogP contribution in [0.2, 0.25) is 0 Å². The van der Waals surface area contributed by atoms with E-state index in [1.54, 1.807) is 0 Å². The van der Waals surface area contributed by atoms with Gasteiger partial charge in [-0.15, -0.1) is 0 Å². The predicted octanol–water partition coefficient (Wildman–Crippen LogP) is 2.34. The van der Waals surface area contributed by atoms with Crippen LogP contribution >= 0.6 is 11.8 Å². The summed E-state index contributed by atoms with van der Waals surface area (Å²) in [4.78, 5) is 12.3. The molecule has 1 amide bonds. The number of hydrogen-bond acceptors (Lipinski definition) is 3. The highest BCUT2D eigenvalue weighted by molar-refractivity contribution is 7.99. The van der Waals surface area contributed by atoms with Crippen LogP contribution in [0.5, 0.6) is 0 Å². The first-order valence-corrected chi connectivity index (χ1v) is 9.51. The van der Waals surface area contributed by atoms with Crippen molar-refractivity contribution in [1.82, 2.24) is 5.32 Å². The van der Waals surface area contributed by atoms with Crippen LogP contribution in [0.15, 0.2) is 24.3 Å². The molecule has 0 spiro atoms. The lowest BCUT2D eigenvalue weighted by molar-refractivity contribution is -0.140. The van der Waals surface area contributed by atoms with Gasteiger partial charge in [0, 0.05) is 6.54 Å². The van der Waals surface area contributed by atoms with Crippen LogP contribution in [-0.4, -0.2) is 34.7 Å². The second-order valence-electron chi connectivity index (χ2n) is 6.94. The average Bonchev–Trinajstić information content (AvgIpc) is 3.27. The van der Waals surface area contributed by atoms with E-state index in [2.05, 4.69) is 29.6 Å². The molecule has 4 heteroatoms. The first-order valence-electron chi connectivity index (χ1n) is 8.35. The summed E-state index contributed by atoms with van der Waals surface area (Å²) in [5, 5.41) is 13.5. The number of amides is 1. The molecule has 4 rings (SSSR count). The summed E-state index contributed by atoms with van der Waals surface area (Å²) >= 11 is 1.82. The van der Waals surface area contributed by atoms with Crippen molar-refractivity contribution in [2.75, 3.05) is 18.1 Å². The number of hydrogen-bond donors (Lipinski definition) is 2. The van der Waals surface area contributed by atoms with Crippen molar-refractivity contribution in [2.45, 2.75) is 37.2 Å². The Kier molecular flexibility index (Phi) is 3.69. The quantitative estimate of drug-likeness (QED) is 0.899. The van der Waals surface area contributed by atoms with Gasteiger partial charge in [0.25, 0.3) is 5.91 Å². The molecule has 1 saturated heterocycles. The summed E-state index contributed by atoms with van der Waals surface area (Å²) in [5.74, 6) is 3.53. The maximum absolute atomic E-state index is 12.3. The van der Waals surface area contributed by atoms with Gasteiger partial charge in [-0.1, -0.05) is 24.3 Å². The SMILES string of the molecule is O=C(NC[C@@H]1[C@H]2CCc3ccccc3[C@H]21)C1(O)CCSCC1. The Labute approximate surface area is 135 Å². The fourth-order valence-electron chi connectivity index (χ4n) is 4.30. The minimum atomic E-state index is -1.12. The normalized spacial score (nSPS) is 31.8. The van der Waals surface area contributed by atoms with Gasteiger partial charge in [-0.3, -0.25) is 4.79 Å². The standard InChI is InChI=1S/C18H23NO2S/c20-17(18(21)7-9-22-10-8-18)19-11-15-14-6-5-12-3-1-2-4-13(12)16(14)15/h1-4,14-16,21H,5-11H2,(H,19,20)/t14-,15-,16-/m1/s1. The highest BCUT2D eigenvalue weighted by atomic mass is 32.2. The lowest BCUT2D eigenvalue weighted by Crippen LogP contribution is -2.49. The molecule has 1 aromatic rings. The summed E-state index contributed by atoms with van der Waals surface area (Å²) in [6, 6.07) is 8.73. The van der Waals surface area contributed by atoms with Gasteiger partial charge in [-0.2, -0.15) is 11.8 Å². The van der Waals surface area contributed by atoms with E-state index in [4.69, 9.17) is 0 Å². The number of thioether (sulfide) groups is 1. The highest BCUT2D eigenvalue weighted by Gasteiger charge is 2.53. The molecule has 1 saturated carbocycles. The largest absolute Gasteiger partial charge is 0.380 e. The van der Waals surface area contributed by atoms with Crippen molar-refractivity contribution in [2.24, 2.45) is 11.8 Å². The first-order chi connectivity index (χ1) is 10.7. The number of nitrogens with one attached hydrogen (secondary N) is 1. The van der Waals surface area contributed by atoms with E-state index in [-0.39, 0.29) is 5.91 Å². The number of carbonyl (C=O) groups excluding carboxylic acids is 1. The van der Waals surface area contributed by atoms with E-state index >= 15 is 0 Å². The summed E-state index contributed by atoms with van der Waals surface area (Å²) < 4.78 is 0. The fourth-order valence-corrected chi connectivity index (χ4v) is 5.47. The Morgan fingerprint density at radius 3 is 2.91 bits per heavy atom. The Bertz CT molecular complexity index is 582. The molecule has 2 fully saturated rings. The van der Waals surface area contributed by atoms with E-state index in [1.807, 2.05) is 11.8 Å². The topological polar surface area (TPSA) is 49.3 Å². The van der Waals surface area contributed by atoms with Gasteiger partial charge in [-0.25, -0.2) is 0 Å². The Hall–Kier alpha value is -1.00. The molecule has 3 aliphatic rings. The van der Waals surface area contributed by atoms with Gasteiger partial charge < -0.3 is 10.4 Å². The smallest absolute Gasteiger partial charge is 0.252 e. The summed E-state index contributed by atoms with van der Waals surface area (Å²) in [6.07, 6.45) is 3.58. The highest BCUT2D eigenvalue weighted by Crippen LogP contribution is 2.59. The van der Waals surface area contributed by atoms with Crippen LogP contribution in [0.25, 0.3) is 0 Å². The Morgan fingerprint density at radius 1 is 1.32 bits per heavy atom. The van der Waals surface area contributed by atoms with Crippen LogP contribution in [0, 0.1) is 11.8 Å². The van der Waals surface area contributed by atoms with Crippen LogP contribution in [0.1, 0.15) is 36.3 Å². The molecule has 0 aromatic heterocycles. The molecule has 1 aromatic carbocycles. The number of rotatable bonds is 3. The number of aliphatic hydroxyl groups is 1. The number of aryl methyl sites for hydroxylation is 1. The average molecular weight is 317 g/mol. The second-order valence-corrected chi connectivity index (χ2v) is 8.17. The van der Waals surface area contributed by atoms with E-state index in [0.29, 0.717) is 24.7 Å². The van der Waals surface area contributed by atoms with E-state index in [1.165, 1.54) is 24.0 Å². The Balaban J connectivity index is 1.37. The minimum Gasteiger partial charge on any atom is -0.380 e. The van der Waals surface area contributed by atoms with E-state index in [0.717, 1.165) is 24.0 Å². The van der Waals surface area contributed by atoms with Crippen molar-refractivity contribution < 1.29 is 9.90 Å². The third-order valence-corrected chi connectivity index (χ3v) is 6.72. The summed E-state index contributed by atoms with van der Waals surface area (Å²) in [7, 11) is 0. The van der Waals surface area contributed by atoms with Crippen LogP contribution in [0.4, 0.5) is 0 Å². The molecule has 0 unspecified atom stereocenters. The molecule has 2 N–H and O–H groups in total. The predicted molar refractivity (Wildman–Crippen MR) is 89.0 cm³/mol. The number of fused-ring (bicyclic) bond motifs is 3. The molecule has 0 bridgehead atoms. The molecule has 118 valence electrons. The maximum atomic E-state index is 12.3.